The molecule has 1 fully saturated rings. The lowest BCUT2D eigenvalue weighted by atomic mass is 10.1. The van der Waals surface area contributed by atoms with E-state index in [4.69, 9.17) is 15.6 Å². The van der Waals surface area contributed by atoms with E-state index in [1.54, 1.807) is 0 Å². The Hall–Kier alpha value is -1.80. The summed E-state index contributed by atoms with van der Waals surface area (Å²) in [6.07, 6.45) is 0.436. The number of aromatic nitrogens is 4. The van der Waals surface area contributed by atoms with Gasteiger partial charge in [0.2, 0.25) is 0 Å². The van der Waals surface area contributed by atoms with Gasteiger partial charge in [-0.25, -0.2) is 18.9 Å². The molecule has 3 rings (SSSR count). The van der Waals surface area contributed by atoms with E-state index in [-0.39, 0.29) is 18.8 Å². The maximum Gasteiger partial charge on any atom is 0.196 e. The molecule has 0 radical (unpaired) electrons. The Kier molecular flexibility index (Phi) is 2.60. The Morgan fingerprint density at radius 2 is 2.39 bits per heavy atom. The minimum absolute atomic E-state index is 0.162. The molecule has 0 aliphatic carbocycles. The van der Waals surface area contributed by atoms with Crippen molar-refractivity contribution in [1.82, 2.24) is 19.6 Å². The van der Waals surface area contributed by atoms with Gasteiger partial charge in [-0.3, -0.25) is 0 Å². The molecule has 0 bridgehead atoms. The fourth-order valence-electron chi connectivity index (χ4n) is 2.14. The maximum absolute atomic E-state index is 13.9. The molecule has 2 aromatic rings. The number of nitrogen functional groups attached to an aromatic ring is 1. The number of imidazole rings is 1. The first-order valence-electron chi connectivity index (χ1n) is 5.55. The fraction of sp³-hybridized carbons (Fsp3) is 0.500. The molecule has 2 aromatic heterocycles. The van der Waals surface area contributed by atoms with Crippen molar-refractivity contribution in [3.05, 3.63) is 18.2 Å². The lowest BCUT2D eigenvalue weighted by molar-refractivity contribution is -0.00204. The van der Waals surface area contributed by atoms with Gasteiger partial charge in [-0.1, -0.05) is 0 Å². The van der Waals surface area contributed by atoms with Gasteiger partial charge in [-0.2, -0.15) is 5.10 Å². The fourth-order valence-corrected chi connectivity index (χ4v) is 2.14. The Labute approximate surface area is 101 Å². The molecule has 18 heavy (non-hydrogen) atoms. The highest BCUT2D eigenvalue weighted by Crippen LogP contribution is 2.35. The Bertz CT molecular complexity index is 574. The minimum atomic E-state index is -1.20. The van der Waals surface area contributed by atoms with Gasteiger partial charge in [0.1, 0.15) is 18.6 Å². The molecule has 1 saturated heterocycles. The number of anilines is 1. The van der Waals surface area contributed by atoms with Crippen LogP contribution in [0.4, 0.5) is 10.2 Å². The number of hydrogen-bond donors (Lipinski definition) is 2. The predicted octanol–water partition coefficient (Wildman–Crippen LogP) is -0.133. The van der Waals surface area contributed by atoms with E-state index in [9.17, 15) is 4.39 Å². The van der Waals surface area contributed by atoms with E-state index >= 15 is 0 Å². The van der Waals surface area contributed by atoms with Crippen molar-refractivity contribution >= 4 is 11.5 Å². The molecular weight excluding hydrogens is 241 g/mol. The molecule has 0 aromatic carbocycles. The Morgan fingerprint density at radius 1 is 1.56 bits per heavy atom. The molecule has 1 aliphatic heterocycles. The lowest BCUT2D eigenvalue weighted by Crippen LogP contribution is -2.13. The summed E-state index contributed by atoms with van der Waals surface area (Å²) in [5, 5.41) is 13.0. The van der Waals surface area contributed by atoms with Crippen molar-refractivity contribution in [3.8, 4) is 0 Å². The highest BCUT2D eigenvalue weighted by atomic mass is 19.1. The van der Waals surface area contributed by atoms with Crippen LogP contribution in [-0.4, -0.2) is 43.6 Å². The quantitative estimate of drug-likeness (QED) is 0.773. The van der Waals surface area contributed by atoms with Crippen molar-refractivity contribution in [2.24, 2.45) is 0 Å². The zero-order valence-electron chi connectivity index (χ0n) is 9.40. The first-order chi connectivity index (χ1) is 8.70. The third-order valence-corrected chi connectivity index (χ3v) is 3.01. The molecule has 0 amide bonds. The summed E-state index contributed by atoms with van der Waals surface area (Å²) in [6, 6.07) is 0. The number of rotatable bonds is 2. The van der Waals surface area contributed by atoms with E-state index < -0.39 is 18.4 Å². The average Bonchev–Trinajstić information content (AvgIpc) is 2.93. The van der Waals surface area contributed by atoms with Crippen LogP contribution in [0.15, 0.2) is 12.5 Å². The van der Waals surface area contributed by atoms with Crippen LogP contribution in [0.25, 0.3) is 5.65 Å². The van der Waals surface area contributed by atoms with Crippen LogP contribution in [-0.2, 0) is 4.74 Å². The zero-order valence-corrected chi connectivity index (χ0v) is 9.40. The summed E-state index contributed by atoms with van der Waals surface area (Å²) >= 11 is 0. The molecular formula is C10H12FN5O2. The first kappa shape index (κ1) is 11.3. The third kappa shape index (κ3) is 1.61. The molecule has 3 atom stereocenters. The van der Waals surface area contributed by atoms with Gasteiger partial charge in [0.25, 0.3) is 0 Å². The topological polar surface area (TPSA) is 98.6 Å². The number of nitrogens with two attached hydrogens (primary N) is 1. The Balaban J connectivity index is 2.02. The molecule has 3 N–H and O–H groups in total. The number of halogens is 1. The SMILES string of the molecule is Nc1ncnn2c([C@@H]3O[C@H](CO)C[C@H]3F)cnc12. The number of hydrogen-bond acceptors (Lipinski definition) is 6. The normalized spacial score (nSPS) is 28.0. The molecule has 0 unspecified atom stereocenters. The third-order valence-electron chi connectivity index (χ3n) is 3.01. The molecule has 0 spiro atoms. The van der Waals surface area contributed by atoms with E-state index in [2.05, 4.69) is 15.1 Å². The largest absolute Gasteiger partial charge is 0.394 e. The highest BCUT2D eigenvalue weighted by molar-refractivity contribution is 5.58. The van der Waals surface area contributed by atoms with E-state index in [1.807, 2.05) is 0 Å². The van der Waals surface area contributed by atoms with E-state index in [0.717, 1.165) is 0 Å². The van der Waals surface area contributed by atoms with Crippen molar-refractivity contribution in [2.45, 2.75) is 24.8 Å². The first-order valence-corrected chi connectivity index (χ1v) is 5.55. The summed E-state index contributed by atoms with van der Waals surface area (Å²) < 4.78 is 20.7. The van der Waals surface area contributed by atoms with Gasteiger partial charge in [0, 0.05) is 6.42 Å². The minimum Gasteiger partial charge on any atom is -0.394 e. The average molecular weight is 253 g/mol. The molecule has 8 heteroatoms. The van der Waals surface area contributed by atoms with Crippen LogP contribution in [0.3, 0.4) is 0 Å². The van der Waals surface area contributed by atoms with Gasteiger partial charge < -0.3 is 15.6 Å². The number of fused-ring (bicyclic) bond motifs is 1. The zero-order chi connectivity index (χ0) is 12.7. The standard InChI is InChI=1S/C10H12FN5O2/c11-6-1-5(3-17)18-8(6)7-2-13-10-9(12)14-4-15-16(7)10/h2,4-6,8,17H,1,3H2,(H2,12,14,15)/t5-,6+,8+/m0/s1. The van der Waals surface area contributed by atoms with Gasteiger partial charge in [0.05, 0.1) is 24.6 Å². The van der Waals surface area contributed by atoms with Crippen LogP contribution < -0.4 is 5.73 Å². The number of aliphatic hydroxyl groups excluding tert-OH is 1. The monoisotopic (exact) mass is 253 g/mol. The van der Waals surface area contributed by atoms with Crippen LogP contribution in [0.5, 0.6) is 0 Å². The second-order valence-electron chi connectivity index (χ2n) is 4.18. The number of aliphatic hydroxyl groups is 1. The smallest absolute Gasteiger partial charge is 0.196 e. The highest BCUT2D eigenvalue weighted by Gasteiger charge is 2.38. The van der Waals surface area contributed by atoms with E-state index in [1.165, 1.54) is 17.0 Å². The summed E-state index contributed by atoms with van der Waals surface area (Å²) in [5.74, 6) is 0.225. The lowest BCUT2D eigenvalue weighted by Gasteiger charge is -2.12. The van der Waals surface area contributed by atoms with Gasteiger partial charge in [-0.05, 0) is 0 Å². The molecule has 3 heterocycles. The molecule has 1 aliphatic rings. The summed E-state index contributed by atoms with van der Waals surface area (Å²) in [6.45, 7) is -0.204. The second kappa shape index (κ2) is 4.14. The Morgan fingerprint density at radius 3 is 3.11 bits per heavy atom. The molecule has 0 saturated carbocycles. The predicted molar refractivity (Wildman–Crippen MR) is 59.4 cm³/mol. The van der Waals surface area contributed by atoms with Crippen LogP contribution >= 0.6 is 0 Å². The van der Waals surface area contributed by atoms with Gasteiger partial charge >= 0.3 is 0 Å². The van der Waals surface area contributed by atoms with Gasteiger partial charge in [0.15, 0.2) is 11.5 Å². The van der Waals surface area contributed by atoms with Crippen LogP contribution in [0.2, 0.25) is 0 Å². The van der Waals surface area contributed by atoms with Crippen molar-refractivity contribution in [3.63, 3.8) is 0 Å². The van der Waals surface area contributed by atoms with Crippen LogP contribution in [0, 0.1) is 0 Å². The van der Waals surface area contributed by atoms with E-state index in [0.29, 0.717) is 11.3 Å². The van der Waals surface area contributed by atoms with Crippen molar-refractivity contribution in [1.29, 1.82) is 0 Å². The molecule has 96 valence electrons. The summed E-state index contributed by atoms with van der Waals surface area (Å²) in [7, 11) is 0. The number of ether oxygens (including phenoxy) is 1. The number of nitrogens with zero attached hydrogens (tertiary/aromatic N) is 4. The summed E-state index contributed by atoms with van der Waals surface area (Å²) in [4.78, 5) is 7.86. The number of alkyl halides is 1. The molecule has 7 nitrogen and oxygen atoms in total. The van der Waals surface area contributed by atoms with Crippen molar-refractivity contribution in [2.75, 3.05) is 12.3 Å². The summed E-state index contributed by atoms with van der Waals surface area (Å²) in [5.41, 5.74) is 6.49. The van der Waals surface area contributed by atoms with Gasteiger partial charge in [-0.15, -0.1) is 0 Å². The second-order valence-corrected chi connectivity index (χ2v) is 4.18. The maximum atomic E-state index is 13.9. The van der Waals surface area contributed by atoms with Crippen molar-refractivity contribution < 1.29 is 14.2 Å². The van der Waals surface area contributed by atoms with Crippen LogP contribution in [0.1, 0.15) is 18.2 Å².